The van der Waals surface area contributed by atoms with E-state index in [9.17, 15) is 0 Å². The molecule has 0 aliphatic carbocycles. The van der Waals surface area contributed by atoms with Crippen LogP contribution >= 0.6 is 0 Å². The molecular formula is C12H19N5. The second kappa shape index (κ2) is 5.03. The van der Waals surface area contributed by atoms with Crippen LogP contribution in [0.25, 0.3) is 0 Å². The highest BCUT2D eigenvalue weighted by atomic mass is 15.3. The molecule has 0 radical (unpaired) electrons. The topological polar surface area (TPSA) is 47.7 Å². The Kier molecular flexibility index (Phi) is 3.46. The van der Waals surface area contributed by atoms with Crippen molar-refractivity contribution < 1.29 is 0 Å². The van der Waals surface area contributed by atoms with Gasteiger partial charge in [0.05, 0.1) is 12.2 Å². The third-order valence-corrected chi connectivity index (χ3v) is 2.63. The average Bonchev–Trinajstić information content (AvgIpc) is 2.84. The van der Waals surface area contributed by atoms with Gasteiger partial charge >= 0.3 is 0 Å². The predicted molar refractivity (Wildman–Crippen MR) is 67.6 cm³/mol. The standard InChI is InChI=1S/C12H19N5/c1-10(2)9-17-7-6-13-12(17)14-8-11-4-5-15-16(11)3/h4-7,10H,8-9H2,1-3H3,(H,13,14). The summed E-state index contributed by atoms with van der Waals surface area (Å²) in [5.74, 6) is 1.53. The Morgan fingerprint density at radius 2 is 2.18 bits per heavy atom. The molecule has 0 amide bonds. The largest absolute Gasteiger partial charge is 0.350 e. The van der Waals surface area contributed by atoms with Gasteiger partial charge in [-0.1, -0.05) is 13.8 Å². The first-order valence-corrected chi connectivity index (χ1v) is 5.88. The molecule has 1 N–H and O–H groups in total. The Morgan fingerprint density at radius 3 is 2.82 bits per heavy atom. The van der Waals surface area contributed by atoms with E-state index in [4.69, 9.17) is 0 Å². The molecule has 0 saturated carbocycles. The van der Waals surface area contributed by atoms with E-state index < -0.39 is 0 Å². The summed E-state index contributed by atoms with van der Waals surface area (Å²) in [6.45, 7) is 6.12. The van der Waals surface area contributed by atoms with Crippen LogP contribution in [0.15, 0.2) is 24.7 Å². The molecule has 5 nitrogen and oxygen atoms in total. The minimum atomic E-state index is 0.612. The molecule has 5 heteroatoms. The number of nitrogens with one attached hydrogen (secondary N) is 1. The molecule has 0 spiro atoms. The molecule has 0 aliphatic heterocycles. The van der Waals surface area contributed by atoms with E-state index in [2.05, 4.69) is 33.8 Å². The van der Waals surface area contributed by atoms with E-state index in [0.29, 0.717) is 5.92 Å². The lowest BCUT2D eigenvalue weighted by Gasteiger charge is -2.11. The number of hydrogen-bond donors (Lipinski definition) is 1. The van der Waals surface area contributed by atoms with Gasteiger partial charge in [-0.05, 0) is 12.0 Å². The zero-order valence-electron chi connectivity index (χ0n) is 10.6. The molecule has 2 aromatic heterocycles. The Labute approximate surface area is 101 Å². The predicted octanol–water partition coefficient (Wildman–Crippen LogP) is 1.88. The molecular weight excluding hydrogens is 214 g/mol. The maximum Gasteiger partial charge on any atom is 0.203 e. The molecule has 0 bridgehead atoms. The number of aryl methyl sites for hydroxylation is 1. The molecule has 0 aliphatic rings. The lowest BCUT2D eigenvalue weighted by atomic mass is 10.2. The number of rotatable bonds is 5. The van der Waals surface area contributed by atoms with Gasteiger partial charge in [-0.3, -0.25) is 4.68 Å². The van der Waals surface area contributed by atoms with Gasteiger partial charge in [-0.15, -0.1) is 0 Å². The van der Waals surface area contributed by atoms with Crippen LogP contribution in [0.1, 0.15) is 19.5 Å². The van der Waals surface area contributed by atoms with Crippen LogP contribution in [-0.2, 0) is 20.1 Å². The number of aromatic nitrogens is 4. The van der Waals surface area contributed by atoms with E-state index in [1.165, 1.54) is 0 Å². The Morgan fingerprint density at radius 1 is 1.35 bits per heavy atom. The number of anilines is 1. The SMILES string of the molecule is CC(C)Cn1ccnc1NCc1ccnn1C. The van der Waals surface area contributed by atoms with Gasteiger partial charge in [0.2, 0.25) is 5.95 Å². The van der Waals surface area contributed by atoms with E-state index >= 15 is 0 Å². The summed E-state index contributed by atoms with van der Waals surface area (Å²) in [5, 5.41) is 7.47. The lowest BCUT2D eigenvalue weighted by molar-refractivity contribution is 0.526. The number of hydrogen-bond acceptors (Lipinski definition) is 3. The maximum absolute atomic E-state index is 4.32. The van der Waals surface area contributed by atoms with Crippen molar-refractivity contribution in [1.29, 1.82) is 0 Å². The van der Waals surface area contributed by atoms with Crippen LogP contribution in [-0.4, -0.2) is 19.3 Å². The highest BCUT2D eigenvalue weighted by Crippen LogP contribution is 2.09. The summed E-state index contributed by atoms with van der Waals surface area (Å²) in [4.78, 5) is 4.32. The maximum atomic E-state index is 4.32. The summed E-state index contributed by atoms with van der Waals surface area (Å²) in [7, 11) is 1.94. The summed E-state index contributed by atoms with van der Waals surface area (Å²) >= 11 is 0. The molecule has 17 heavy (non-hydrogen) atoms. The van der Waals surface area contributed by atoms with Crippen molar-refractivity contribution in [3.63, 3.8) is 0 Å². The minimum absolute atomic E-state index is 0.612. The zero-order chi connectivity index (χ0) is 12.3. The minimum Gasteiger partial charge on any atom is -0.350 e. The third-order valence-electron chi connectivity index (χ3n) is 2.63. The van der Waals surface area contributed by atoms with Gasteiger partial charge in [0.25, 0.3) is 0 Å². The zero-order valence-corrected chi connectivity index (χ0v) is 10.6. The van der Waals surface area contributed by atoms with Gasteiger partial charge in [0.15, 0.2) is 0 Å². The third kappa shape index (κ3) is 2.87. The molecule has 0 aromatic carbocycles. The Bertz CT molecular complexity index is 469. The first kappa shape index (κ1) is 11.7. The van der Waals surface area contributed by atoms with E-state index in [-0.39, 0.29) is 0 Å². The molecule has 0 saturated heterocycles. The fourth-order valence-electron chi connectivity index (χ4n) is 1.76. The van der Waals surface area contributed by atoms with Crippen LogP contribution in [0, 0.1) is 5.92 Å². The van der Waals surface area contributed by atoms with Crippen molar-refractivity contribution in [1.82, 2.24) is 19.3 Å². The fraction of sp³-hybridized carbons (Fsp3) is 0.500. The second-order valence-electron chi connectivity index (χ2n) is 4.60. The highest BCUT2D eigenvalue weighted by molar-refractivity contribution is 5.27. The molecule has 2 heterocycles. The van der Waals surface area contributed by atoms with E-state index in [0.717, 1.165) is 24.7 Å². The van der Waals surface area contributed by atoms with Crippen molar-refractivity contribution in [3.05, 3.63) is 30.4 Å². The van der Waals surface area contributed by atoms with Gasteiger partial charge in [-0.2, -0.15) is 5.10 Å². The molecule has 0 fully saturated rings. The Balaban J connectivity index is 1.99. The average molecular weight is 233 g/mol. The van der Waals surface area contributed by atoms with Gasteiger partial charge < -0.3 is 9.88 Å². The second-order valence-corrected chi connectivity index (χ2v) is 4.60. The Hall–Kier alpha value is -1.78. The molecule has 92 valence electrons. The fourth-order valence-corrected chi connectivity index (χ4v) is 1.76. The van der Waals surface area contributed by atoms with Gasteiger partial charge in [-0.25, -0.2) is 4.98 Å². The molecule has 2 rings (SSSR count). The van der Waals surface area contributed by atoms with Crippen molar-refractivity contribution in [2.24, 2.45) is 13.0 Å². The summed E-state index contributed by atoms with van der Waals surface area (Å²) in [6, 6.07) is 2.00. The number of nitrogens with zero attached hydrogens (tertiary/aromatic N) is 4. The number of imidazole rings is 1. The van der Waals surface area contributed by atoms with Crippen molar-refractivity contribution in [3.8, 4) is 0 Å². The first-order chi connectivity index (χ1) is 8.16. The van der Waals surface area contributed by atoms with Crippen LogP contribution in [0.2, 0.25) is 0 Å². The summed E-state index contributed by atoms with van der Waals surface area (Å²) < 4.78 is 4.00. The van der Waals surface area contributed by atoms with Crippen LogP contribution < -0.4 is 5.32 Å². The lowest BCUT2D eigenvalue weighted by Crippen LogP contribution is -2.12. The smallest absolute Gasteiger partial charge is 0.203 e. The molecule has 2 aromatic rings. The van der Waals surface area contributed by atoms with Gasteiger partial charge in [0.1, 0.15) is 0 Å². The van der Waals surface area contributed by atoms with Crippen LogP contribution in [0.4, 0.5) is 5.95 Å². The normalized spacial score (nSPS) is 11.1. The summed E-state index contributed by atoms with van der Waals surface area (Å²) in [6.07, 6.45) is 5.64. The van der Waals surface area contributed by atoms with Gasteiger partial charge in [0, 0.05) is 32.2 Å². The molecule has 0 atom stereocenters. The van der Waals surface area contributed by atoms with Crippen molar-refractivity contribution >= 4 is 5.95 Å². The summed E-state index contributed by atoms with van der Waals surface area (Å²) in [5.41, 5.74) is 1.14. The van der Waals surface area contributed by atoms with Crippen LogP contribution in [0.5, 0.6) is 0 Å². The van der Waals surface area contributed by atoms with Crippen molar-refractivity contribution in [2.45, 2.75) is 26.9 Å². The molecule has 0 unspecified atom stereocenters. The quantitative estimate of drug-likeness (QED) is 0.857. The monoisotopic (exact) mass is 233 g/mol. The van der Waals surface area contributed by atoms with Crippen molar-refractivity contribution in [2.75, 3.05) is 5.32 Å². The van der Waals surface area contributed by atoms with E-state index in [1.54, 1.807) is 6.20 Å². The van der Waals surface area contributed by atoms with Crippen LogP contribution in [0.3, 0.4) is 0 Å². The highest BCUT2D eigenvalue weighted by Gasteiger charge is 2.05. The van der Waals surface area contributed by atoms with E-state index in [1.807, 2.05) is 30.2 Å². The first-order valence-electron chi connectivity index (χ1n) is 5.88.